The van der Waals surface area contributed by atoms with Crippen molar-refractivity contribution in [2.75, 3.05) is 25.1 Å². The summed E-state index contributed by atoms with van der Waals surface area (Å²) in [5, 5.41) is 3.60. The molecule has 1 aliphatic rings. The van der Waals surface area contributed by atoms with Gasteiger partial charge in [-0.15, -0.1) is 0 Å². The largest absolute Gasteiger partial charge is 0.497 e. The number of benzene rings is 4. The van der Waals surface area contributed by atoms with Gasteiger partial charge in [0, 0.05) is 30.1 Å². The van der Waals surface area contributed by atoms with Crippen molar-refractivity contribution in [3.63, 3.8) is 0 Å². The van der Waals surface area contributed by atoms with Crippen molar-refractivity contribution in [3.8, 4) is 11.5 Å². The number of carbonyl (C=O) groups is 2. The van der Waals surface area contributed by atoms with E-state index >= 15 is 0 Å². The molecule has 0 radical (unpaired) electrons. The van der Waals surface area contributed by atoms with E-state index in [-0.39, 0.29) is 41.2 Å². The minimum absolute atomic E-state index is 0.00374. The van der Waals surface area contributed by atoms with Crippen molar-refractivity contribution in [2.45, 2.75) is 55.6 Å². The van der Waals surface area contributed by atoms with E-state index in [9.17, 15) is 18.0 Å². The summed E-state index contributed by atoms with van der Waals surface area (Å²) in [5.74, 6) is -0.303. The van der Waals surface area contributed by atoms with Crippen molar-refractivity contribution < 1.29 is 27.5 Å². The highest BCUT2D eigenvalue weighted by molar-refractivity contribution is 7.92. The van der Waals surface area contributed by atoms with Crippen LogP contribution in [0.4, 0.5) is 5.69 Å². The smallest absolute Gasteiger partial charge is 0.264 e. The van der Waals surface area contributed by atoms with Gasteiger partial charge in [0.1, 0.15) is 24.1 Å². The zero-order valence-electron chi connectivity index (χ0n) is 27.0. The molecule has 0 aliphatic heterocycles. The van der Waals surface area contributed by atoms with E-state index in [1.54, 1.807) is 48.5 Å². The van der Waals surface area contributed by atoms with Gasteiger partial charge in [-0.05, 0) is 54.3 Å². The third-order valence-corrected chi connectivity index (χ3v) is 10.7. The lowest BCUT2D eigenvalue weighted by Gasteiger charge is -2.34. The number of hydrogen-bond donors (Lipinski definition) is 1. The highest BCUT2D eigenvalue weighted by Gasteiger charge is 2.36. The molecule has 9 nitrogen and oxygen atoms in total. The standard InChI is InChI=1S/C37H40ClN3O6S/c1-46-30-21-22-35(47-2)33(24-30)41(48(44,45)31-18-7-4-8-19-31)26-36(42)40(25-28-15-9-12-20-32(28)38)34(23-27-13-5-3-6-14-27)37(43)39-29-16-10-11-17-29/h3-9,12-15,18-22,24,29,34H,10-11,16-17,23,25-26H2,1-2H3,(H,39,43). The fourth-order valence-corrected chi connectivity index (χ4v) is 7.59. The second-order valence-corrected chi connectivity index (χ2v) is 13.9. The van der Waals surface area contributed by atoms with E-state index in [1.165, 1.54) is 37.3 Å². The number of rotatable bonds is 14. The Hall–Kier alpha value is -4.54. The predicted octanol–water partition coefficient (Wildman–Crippen LogP) is 6.25. The van der Waals surface area contributed by atoms with Crippen molar-refractivity contribution in [3.05, 3.63) is 119 Å². The molecule has 1 N–H and O–H groups in total. The fraction of sp³-hybridized carbons (Fsp3) is 0.297. The van der Waals surface area contributed by atoms with Gasteiger partial charge in [0.25, 0.3) is 10.0 Å². The quantitative estimate of drug-likeness (QED) is 0.168. The number of carbonyl (C=O) groups excluding carboxylic acids is 2. The Morgan fingerprint density at radius 1 is 0.875 bits per heavy atom. The van der Waals surface area contributed by atoms with Crippen LogP contribution < -0.4 is 19.1 Å². The van der Waals surface area contributed by atoms with Crippen molar-refractivity contribution in [1.29, 1.82) is 0 Å². The fourth-order valence-electron chi connectivity index (χ4n) is 5.96. The van der Waals surface area contributed by atoms with Gasteiger partial charge in [-0.1, -0.05) is 91.2 Å². The van der Waals surface area contributed by atoms with E-state index in [4.69, 9.17) is 21.1 Å². The first-order valence-electron chi connectivity index (χ1n) is 15.9. The van der Waals surface area contributed by atoms with E-state index in [0.29, 0.717) is 16.3 Å². The Balaban J connectivity index is 1.62. The normalized spacial score (nSPS) is 13.8. The minimum Gasteiger partial charge on any atom is -0.497 e. The number of nitrogens with zero attached hydrogens (tertiary/aromatic N) is 2. The summed E-state index contributed by atoms with van der Waals surface area (Å²) in [5.41, 5.74) is 1.58. The lowest BCUT2D eigenvalue weighted by molar-refractivity contribution is -0.140. The van der Waals surface area contributed by atoms with Gasteiger partial charge in [0.05, 0.1) is 24.8 Å². The van der Waals surface area contributed by atoms with E-state index in [2.05, 4.69) is 5.32 Å². The highest BCUT2D eigenvalue weighted by Crippen LogP contribution is 2.36. The molecule has 1 saturated carbocycles. The first-order valence-corrected chi connectivity index (χ1v) is 17.7. The molecule has 0 aromatic heterocycles. The molecule has 1 aliphatic carbocycles. The van der Waals surface area contributed by atoms with Crippen LogP contribution in [0.15, 0.2) is 108 Å². The Bertz CT molecular complexity index is 1800. The van der Waals surface area contributed by atoms with Crippen molar-refractivity contribution in [1.82, 2.24) is 10.2 Å². The van der Waals surface area contributed by atoms with Gasteiger partial charge in [0.15, 0.2) is 0 Å². The number of hydrogen-bond acceptors (Lipinski definition) is 6. The SMILES string of the molecule is COc1ccc(OC)c(N(CC(=O)N(Cc2ccccc2Cl)C(Cc2ccccc2)C(=O)NC2CCCC2)S(=O)(=O)c2ccccc2)c1. The Morgan fingerprint density at radius 2 is 1.52 bits per heavy atom. The van der Waals surface area contributed by atoms with Gasteiger partial charge in [0.2, 0.25) is 11.8 Å². The van der Waals surface area contributed by atoms with Crippen LogP contribution in [0.1, 0.15) is 36.8 Å². The second-order valence-electron chi connectivity index (χ2n) is 11.7. The zero-order valence-corrected chi connectivity index (χ0v) is 28.6. The summed E-state index contributed by atoms with van der Waals surface area (Å²) in [6.45, 7) is -0.657. The van der Waals surface area contributed by atoms with Crippen LogP contribution in [0, 0.1) is 0 Å². The van der Waals surface area contributed by atoms with Gasteiger partial charge in [-0.2, -0.15) is 0 Å². The van der Waals surface area contributed by atoms with Crippen LogP contribution in [0.2, 0.25) is 5.02 Å². The average molecular weight is 690 g/mol. The average Bonchev–Trinajstić information content (AvgIpc) is 3.63. The van der Waals surface area contributed by atoms with Crippen molar-refractivity contribution >= 4 is 39.1 Å². The van der Waals surface area contributed by atoms with Crippen LogP contribution in [0.5, 0.6) is 11.5 Å². The third-order valence-electron chi connectivity index (χ3n) is 8.54. The van der Waals surface area contributed by atoms with E-state index < -0.39 is 28.5 Å². The summed E-state index contributed by atoms with van der Waals surface area (Å²) in [7, 11) is -1.43. The molecule has 48 heavy (non-hydrogen) atoms. The Labute approximate surface area is 287 Å². The van der Waals surface area contributed by atoms with Crippen LogP contribution in [-0.4, -0.2) is 58.0 Å². The van der Waals surface area contributed by atoms with Crippen LogP contribution in [0.3, 0.4) is 0 Å². The van der Waals surface area contributed by atoms with E-state index in [1.807, 2.05) is 36.4 Å². The van der Waals surface area contributed by atoms with Crippen LogP contribution >= 0.6 is 11.6 Å². The Morgan fingerprint density at radius 3 is 2.17 bits per heavy atom. The number of halogens is 1. The third kappa shape index (κ3) is 8.29. The number of sulfonamides is 1. The lowest BCUT2D eigenvalue weighted by atomic mass is 10.0. The summed E-state index contributed by atoms with van der Waals surface area (Å²) in [4.78, 5) is 30.4. The number of methoxy groups -OCH3 is 2. The maximum atomic E-state index is 14.8. The number of anilines is 1. The molecule has 4 aromatic rings. The first kappa shape index (κ1) is 34.8. The highest BCUT2D eigenvalue weighted by atomic mass is 35.5. The van der Waals surface area contributed by atoms with E-state index in [0.717, 1.165) is 35.6 Å². The first-order chi connectivity index (χ1) is 23.2. The molecule has 1 atom stereocenters. The summed E-state index contributed by atoms with van der Waals surface area (Å²) in [6.07, 6.45) is 3.97. The minimum atomic E-state index is -4.32. The van der Waals surface area contributed by atoms with Crippen LogP contribution in [0.25, 0.3) is 0 Å². The van der Waals surface area contributed by atoms with Crippen molar-refractivity contribution in [2.24, 2.45) is 0 Å². The molecular formula is C37H40ClN3O6S. The molecule has 0 bridgehead atoms. The lowest BCUT2D eigenvalue weighted by Crippen LogP contribution is -2.54. The van der Waals surface area contributed by atoms with Gasteiger partial charge >= 0.3 is 0 Å². The van der Waals surface area contributed by atoms with Gasteiger partial charge < -0.3 is 19.7 Å². The predicted molar refractivity (Wildman–Crippen MR) is 187 cm³/mol. The Kier molecular flexibility index (Phi) is 11.6. The second kappa shape index (κ2) is 16.0. The summed E-state index contributed by atoms with van der Waals surface area (Å²) in [6, 6.07) is 28.2. The van der Waals surface area contributed by atoms with Gasteiger partial charge in [-0.3, -0.25) is 13.9 Å². The molecule has 252 valence electrons. The maximum Gasteiger partial charge on any atom is 0.264 e. The molecule has 0 saturated heterocycles. The molecule has 5 rings (SSSR count). The molecule has 2 amide bonds. The molecule has 1 fully saturated rings. The number of amides is 2. The molecule has 1 unspecified atom stereocenters. The molecule has 0 heterocycles. The molecule has 0 spiro atoms. The molecular weight excluding hydrogens is 650 g/mol. The zero-order chi connectivity index (χ0) is 34.1. The molecule has 11 heteroatoms. The van der Waals surface area contributed by atoms with Gasteiger partial charge in [-0.25, -0.2) is 8.42 Å². The van der Waals surface area contributed by atoms with Crippen LogP contribution in [-0.2, 0) is 32.6 Å². The number of nitrogens with one attached hydrogen (secondary N) is 1. The number of ether oxygens (including phenoxy) is 2. The molecule has 4 aromatic carbocycles. The summed E-state index contributed by atoms with van der Waals surface area (Å²) < 4.78 is 40.7. The monoisotopic (exact) mass is 689 g/mol. The summed E-state index contributed by atoms with van der Waals surface area (Å²) >= 11 is 6.61. The topological polar surface area (TPSA) is 105 Å². The maximum absolute atomic E-state index is 14.8.